The average Bonchev–Trinajstić information content (AvgIpc) is 2.95. The van der Waals surface area contributed by atoms with Gasteiger partial charge in [-0.15, -0.1) is 0 Å². The number of aromatic hydroxyl groups is 1. The third-order valence-corrected chi connectivity index (χ3v) is 4.74. The highest BCUT2D eigenvalue weighted by atomic mass is 16.5. The third-order valence-electron chi connectivity index (χ3n) is 4.74. The van der Waals surface area contributed by atoms with Crippen molar-refractivity contribution in [3.63, 3.8) is 0 Å². The third kappa shape index (κ3) is 3.36. The Morgan fingerprint density at radius 3 is 2.50 bits per heavy atom. The Morgan fingerprint density at radius 2 is 1.86 bits per heavy atom. The number of rotatable bonds is 3. The van der Waals surface area contributed by atoms with Gasteiger partial charge in [-0.3, -0.25) is 9.69 Å². The zero-order valence-electron chi connectivity index (χ0n) is 13.5. The molecule has 1 aromatic rings. The molecule has 1 aliphatic carbocycles. The molecule has 0 radical (unpaired) electrons. The predicted octanol–water partition coefficient (Wildman–Crippen LogP) is 2.28. The number of pyridine rings is 1. The highest BCUT2D eigenvalue weighted by Gasteiger charge is 2.25. The number of morpholine rings is 1. The maximum Gasteiger partial charge on any atom is 0.223 e. The SMILES string of the molecule is CC1CN(Cc2cc(=O)c(O)cn2C2CCCC2)CC(C)O1. The van der Waals surface area contributed by atoms with E-state index in [4.69, 9.17) is 4.74 Å². The molecule has 5 heteroatoms. The van der Waals surface area contributed by atoms with Gasteiger partial charge in [0.1, 0.15) is 0 Å². The lowest BCUT2D eigenvalue weighted by molar-refractivity contribution is -0.0711. The highest BCUT2D eigenvalue weighted by molar-refractivity contribution is 5.21. The summed E-state index contributed by atoms with van der Waals surface area (Å²) in [7, 11) is 0. The lowest BCUT2D eigenvalue weighted by atomic mass is 10.1. The van der Waals surface area contributed by atoms with Gasteiger partial charge in [0.15, 0.2) is 5.75 Å². The second-order valence-corrected chi connectivity index (χ2v) is 6.81. The van der Waals surface area contributed by atoms with Crippen LogP contribution in [-0.4, -0.2) is 39.9 Å². The van der Waals surface area contributed by atoms with E-state index in [-0.39, 0.29) is 23.4 Å². The molecule has 2 heterocycles. The zero-order chi connectivity index (χ0) is 15.7. The molecule has 1 aliphatic heterocycles. The molecule has 5 nitrogen and oxygen atoms in total. The molecule has 0 bridgehead atoms. The van der Waals surface area contributed by atoms with Gasteiger partial charge in [0.05, 0.1) is 18.4 Å². The Bertz CT molecular complexity index is 568. The van der Waals surface area contributed by atoms with E-state index in [1.165, 1.54) is 12.8 Å². The molecule has 0 spiro atoms. The molecule has 2 fully saturated rings. The molecule has 3 rings (SSSR count). The van der Waals surface area contributed by atoms with E-state index in [0.29, 0.717) is 6.04 Å². The normalized spacial score (nSPS) is 27.4. The summed E-state index contributed by atoms with van der Waals surface area (Å²) < 4.78 is 7.91. The molecule has 2 aliphatic rings. The number of hydrogen-bond acceptors (Lipinski definition) is 4. The van der Waals surface area contributed by atoms with Gasteiger partial charge in [0, 0.05) is 37.4 Å². The fourth-order valence-corrected chi connectivity index (χ4v) is 3.87. The summed E-state index contributed by atoms with van der Waals surface area (Å²) in [6.45, 7) is 6.67. The fraction of sp³-hybridized carbons (Fsp3) is 0.706. The Morgan fingerprint density at radius 1 is 1.23 bits per heavy atom. The van der Waals surface area contributed by atoms with Crippen molar-refractivity contribution in [3.8, 4) is 5.75 Å². The van der Waals surface area contributed by atoms with Crippen LogP contribution >= 0.6 is 0 Å². The Balaban J connectivity index is 1.85. The van der Waals surface area contributed by atoms with E-state index in [1.807, 2.05) is 0 Å². The smallest absolute Gasteiger partial charge is 0.223 e. The van der Waals surface area contributed by atoms with Crippen LogP contribution in [0.15, 0.2) is 17.1 Å². The molecule has 1 saturated heterocycles. The number of ether oxygens (including phenoxy) is 1. The summed E-state index contributed by atoms with van der Waals surface area (Å²) >= 11 is 0. The van der Waals surface area contributed by atoms with Crippen LogP contribution in [0.25, 0.3) is 0 Å². The molecule has 1 aromatic heterocycles. The first-order chi connectivity index (χ1) is 10.5. The molecule has 0 amide bonds. The van der Waals surface area contributed by atoms with Crippen molar-refractivity contribution in [2.24, 2.45) is 0 Å². The average molecular weight is 306 g/mol. The van der Waals surface area contributed by atoms with Gasteiger partial charge in [-0.2, -0.15) is 0 Å². The molecule has 0 aromatic carbocycles. The van der Waals surface area contributed by atoms with Crippen molar-refractivity contribution in [3.05, 3.63) is 28.2 Å². The van der Waals surface area contributed by atoms with Crippen molar-refractivity contribution in [2.75, 3.05) is 13.1 Å². The van der Waals surface area contributed by atoms with Gasteiger partial charge < -0.3 is 14.4 Å². The van der Waals surface area contributed by atoms with Crippen LogP contribution in [0.1, 0.15) is 51.3 Å². The van der Waals surface area contributed by atoms with E-state index in [0.717, 1.165) is 38.2 Å². The summed E-state index contributed by atoms with van der Waals surface area (Å²) in [5.74, 6) is -0.139. The number of hydrogen-bond donors (Lipinski definition) is 1. The highest BCUT2D eigenvalue weighted by Crippen LogP contribution is 2.31. The fourth-order valence-electron chi connectivity index (χ4n) is 3.87. The minimum Gasteiger partial charge on any atom is -0.503 e. The van der Waals surface area contributed by atoms with Gasteiger partial charge in [-0.25, -0.2) is 0 Å². The molecular weight excluding hydrogens is 280 g/mol. The molecule has 2 atom stereocenters. The van der Waals surface area contributed by atoms with Gasteiger partial charge >= 0.3 is 0 Å². The van der Waals surface area contributed by atoms with Crippen molar-refractivity contribution < 1.29 is 9.84 Å². The molecule has 22 heavy (non-hydrogen) atoms. The number of aromatic nitrogens is 1. The van der Waals surface area contributed by atoms with Crippen molar-refractivity contribution in [2.45, 2.75) is 64.3 Å². The molecule has 1 N–H and O–H groups in total. The van der Waals surface area contributed by atoms with E-state index in [2.05, 4.69) is 23.3 Å². The van der Waals surface area contributed by atoms with E-state index < -0.39 is 0 Å². The molecule has 2 unspecified atom stereocenters. The lowest BCUT2D eigenvalue weighted by Crippen LogP contribution is -2.45. The second kappa shape index (κ2) is 6.42. The molecule has 122 valence electrons. The summed E-state index contributed by atoms with van der Waals surface area (Å²) in [5.41, 5.74) is 0.731. The summed E-state index contributed by atoms with van der Waals surface area (Å²) in [5, 5.41) is 9.81. The van der Waals surface area contributed by atoms with Crippen LogP contribution in [0.4, 0.5) is 0 Å². The van der Waals surface area contributed by atoms with E-state index >= 15 is 0 Å². The quantitative estimate of drug-likeness (QED) is 0.931. The second-order valence-electron chi connectivity index (χ2n) is 6.81. The maximum absolute atomic E-state index is 11.9. The van der Waals surface area contributed by atoms with Crippen LogP contribution in [0.2, 0.25) is 0 Å². The zero-order valence-corrected chi connectivity index (χ0v) is 13.5. The Kier molecular flexibility index (Phi) is 4.54. The summed E-state index contributed by atoms with van der Waals surface area (Å²) in [6, 6.07) is 2.02. The van der Waals surface area contributed by atoms with Crippen LogP contribution in [0.3, 0.4) is 0 Å². The Labute approximate surface area is 131 Å². The first-order valence-corrected chi connectivity index (χ1v) is 8.35. The van der Waals surface area contributed by atoms with Crippen molar-refractivity contribution in [1.29, 1.82) is 0 Å². The van der Waals surface area contributed by atoms with Crippen molar-refractivity contribution >= 4 is 0 Å². The minimum absolute atomic E-state index is 0.139. The largest absolute Gasteiger partial charge is 0.503 e. The van der Waals surface area contributed by atoms with E-state index in [9.17, 15) is 9.90 Å². The molecular formula is C17H26N2O3. The van der Waals surface area contributed by atoms with Crippen LogP contribution in [-0.2, 0) is 11.3 Å². The van der Waals surface area contributed by atoms with Gasteiger partial charge in [-0.05, 0) is 26.7 Å². The van der Waals surface area contributed by atoms with Crippen LogP contribution in [0.5, 0.6) is 5.75 Å². The molecule has 1 saturated carbocycles. The first-order valence-electron chi connectivity index (χ1n) is 8.35. The summed E-state index contributed by atoms with van der Waals surface area (Å²) in [6.07, 6.45) is 6.78. The van der Waals surface area contributed by atoms with Crippen LogP contribution < -0.4 is 5.43 Å². The lowest BCUT2D eigenvalue weighted by Gasteiger charge is -2.36. The van der Waals surface area contributed by atoms with Gasteiger partial charge in [0.2, 0.25) is 5.43 Å². The number of nitrogens with zero attached hydrogens (tertiary/aromatic N) is 2. The Hall–Kier alpha value is -1.33. The standard InChI is InChI=1S/C17H26N2O3/c1-12-8-18(9-13(2)22-12)10-15-7-16(20)17(21)11-19(15)14-5-3-4-6-14/h7,11-14,21H,3-6,8-10H2,1-2H3. The van der Waals surface area contributed by atoms with Crippen LogP contribution in [0, 0.1) is 0 Å². The van der Waals surface area contributed by atoms with E-state index in [1.54, 1.807) is 12.3 Å². The monoisotopic (exact) mass is 306 g/mol. The minimum atomic E-state index is -0.279. The van der Waals surface area contributed by atoms with Gasteiger partial charge in [0.25, 0.3) is 0 Å². The summed E-state index contributed by atoms with van der Waals surface area (Å²) in [4.78, 5) is 14.2. The topological polar surface area (TPSA) is 54.7 Å². The van der Waals surface area contributed by atoms with Crippen molar-refractivity contribution in [1.82, 2.24) is 9.47 Å². The maximum atomic E-state index is 11.9. The predicted molar refractivity (Wildman–Crippen MR) is 85.2 cm³/mol. The van der Waals surface area contributed by atoms with Gasteiger partial charge in [-0.1, -0.05) is 12.8 Å². The first kappa shape index (κ1) is 15.6.